The van der Waals surface area contributed by atoms with Crippen LogP contribution in [0.15, 0.2) is 28.8 Å². The van der Waals surface area contributed by atoms with Crippen molar-refractivity contribution in [2.24, 2.45) is 0 Å². The van der Waals surface area contributed by atoms with E-state index in [1.54, 1.807) is 0 Å². The smallest absolute Gasteiger partial charge is 0.264 e. The number of nitrogens with zero attached hydrogens (tertiary/aromatic N) is 3. The van der Waals surface area contributed by atoms with E-state index < -0.39 is 6.10 Å². The second-order valence-corrected chi connectivity index (χ2v) is 6.89. The summed E-state index contributed by atoms with van der Waals surface area (Å²) in [6.07, 6.45) is 2.22. The van der Waals surface area contributed by atoms with E-state index in [-0.39, 0.29) is 17.7 Å². The Hall–Kier alpha value is -2.37. The van der Waals surface area contributed by atoms with Crippen LogP contribution in [0.3, 0.4) is 0 Å². The van der Waals surface area contributed by atoms with Crippen molar-refractivity contribution in [1.82, 2.24) is 15.0 Å². The van der Waals surface area contributed by atoms with Crippen LogP contribution < -0.4 is 4.74 Å². The second kappa shape index (κ2) is 6.50. The molecule has 1 aromatic carbocycles. The Morgan fingerprint density at radius 1 is 1.36 bits per heavy atom. The van der Waals surface area contributed by atoms with E-state index in [0.717, 1.165) is 42.9 Å². The summed E-state index contributed by atoms with van der Waals surface area (Å²) in [5.74, 6) is 2.47. The molecule has 0 aliphatic carbocycles. The lowest BCUT2D eigenvalue weighted by Crippen LogP contribution is -2.46. The Kier molecular flexibility index (Phi) is 4.19. The third kappa shape index (κ3) is 2.90. The first-order chi connectivity index (χ1) is 12.2. The average Bonchev–Trinajstić information content (AvgIpc) is 3.26. The molecule has 1 saturated heterocycles. The van der Waals surface area contributed by atoms with Gasteiger partial charge in [0.2, 0.25) is 5.89 Å². The Morgan fingerprint density at radius 3 is 2.96 bits per heavy atom. The maximum Gasteiger partial charge on any atom is 0.264 e. The van der Waals surface area contributed by atoms with Gasteiger partial charge in [0.1, 0.15) is 5.75 Å². The van der Waals surface area contributed by atoms with E-state index in [1.807, 2.05) is 36.1 Å². The number of carbonyl (C=O) groups excluding carboxylic acids is 1. The summed E-state index contributed by atoms with van der Waals surface area (Å²) in [6.45, 7) is 5.44. The number of aryl methyl sites for hydroxylation is 1. The molecule has 4 rings (SSSR count). The first-order valence-electron chi connectivity index (χ1n) is 9.04. The minimum absolute atomic E-state index is 0.0626. The normalized spacial score (nSPS) is 25.5. The Morgan fingerprint density at radius 2 is 2.20 bits per heavy atom. The van der Waals surface area contributed by atoms with Crippen LogP contribution in [-0.4, -0.2) is 40.1 Å². The molecule has 6 nitrogen and oxygen atoms in total. The molecule has 1 fully saturated rings. The number of para-hydroxylation sites is 1. The second-order valence-electron chi connectivity index (χ2n) is 6.89. The first-order valence-corrected chi connectivity index (χ1v) is 9.04. The van der Waals surface area contributed by atoms with Gasteiger partial charge in [-0.2, -0.15) is 4.98 Å². The minimum atomic E-state index is -0.437. The van der Waals surface area contributed by atoms with Crippen LogP contribution in [-0.2, 0) is 11.2 Å². The standard InChI is InChI=1S/C19H23N3O3/c1-3-16-20-18(21-25-16)13-7-6-10-22(11-13)19(23)17-12(2)14-8-4-5-9-15(14)24-17/h4-5,8-9,12-13,17H,3,6-7,10-11H2,1-2H3. The zero-order valence-corrected chi connectivity index (χ0v) is 14.6. The van der Waals surface area contributed by atoms with Gasteiger partial charge < -0.3 is 14.2 Å². The van der Waals surface area contributed by atoms with Crippen molar-refractivity contribution < 1.29 is 14.1 Å². The third-order valence-corrected chi connectivity index (χ3v) is 5.25. The maximum atomic E-state index is 13.1. The summed E-state index contributed by atoms with van der Waals surface area (Å²) < 4.78 is 11.2. The van der Waals surface area contributed by atoms with Gasteiger partial charge in [0, 0.05) is 36.9 Å². The zero-order chi connectivity index (χ0) is 17.4. The van der Waals surface area contributed by atoms with Gasteiger partial charge in [0.25, 0.3) is 5.91 Å². The van der Waals surface area contributed by atoms with Crippen molar-refractivity contribution in [3.8, 4) is 5.75 Å². The third-order valence-electron chi connectivity index (χ3n) is 5.25. The highest BCUT2D eigenvalue weighted by Crippen LogP contribution is 2.39. The summed E-state index contributed by atoms with van der Waals surface area (Å²) >= 11 is 0. The van der Waals surface area contributed by atoms with Crippen molar-refractivity contribution in [3.05, 3.63) is 41.5 Å². The van der Waals surface area contributed by atoms with E-state index in [9.17, 15) is 4.79 Å². The molecule has 1 aromatic heterocycles. The monoisotopic (exact) mass is 341 g/mol. The molecule has 25 heavy (non-hydrogen) atoms. The molecule has 3 atom stereocenters. The van der Waals surface area contributed by atoms with Gasteiger partial charge in [0.15, 0.2) is 11.9 Å². The fraction of sp³-hybridized carbons (Fsp3) is 0.526. The molecule has 6 heteroatoms. The van der Waals surface area contributed by atoms with Crippen LogP contribution in [0, 0.1) is 0 Å². The largest absolute Gasteiger partial charge is 0.480 e. The van der Waals surface area contributed by atoms with Gasteiger partial charge in [-0.1, -0.05) is 37.2 Å². The highest BCUT2D eigenvalue weighted by Gasteiger charge is 2.40. The van der Waals surface area contributed by atoms with Crippen molar-refractivity contribution >= 4 is 5.91 Å². The Balaban J connectivity index is 1.47. The number of hydrogen-bond donors (Lipinski definition) is 0. The fourth-order valence-corrected chi connectivity index (χ4v) is 3.78. The molecule has 3 heterocycles. The van der Waals surface area contributed by atoms with Crippen LogP contribution >= 0.6 is 0 Å². The molecule has 1 amide bonds. The molecule has 3 unspecified atom stereocenters. The van der Waals surface area contributed by atoms with Crippen molar-refractivity contribution in [3.63, 3.8) is 0 Å². The van der Waals surface area contributed by atoms with E-state index in [4.69, 9.17) is 9.26 Å². The van der Waals surface area contributed by atoms with E-state index in [2.05, 4.69) is 17.1 Å². The maximum absolute atomic E-state index is 13.1. The fourth-order valence-electron chi connectivity index (χ4n) is 3.78. The van der Waals surface area contributed by atoms with Crippen LogP contribution in [0.4, 0.5) is 0 Å². The van der Waals surface area contributed by atoms with Gasteiger partial charge in [-0.25, -0.2) is 0 Å². The molecule has 0 saturated carbocycles. The summed E-state index contributed by atoms with van der Waals surface area (Å²) in [5, 5.41) is 4.09. The summed E-state index contributed by atoms with van der Waals surface area (Å²) in [7, 11) is 0. The topological polar surface area (TPSA) is 68.5 Å². The number of rotatable bonds is 3. The number of fused-ring (bicyclic) bond motifs is 1. The molecule has 2 aromatic rings. The number of amides is 1. The highest BCUT2D eigenvalue weighted by molar-refractivity contribution is 5.83. The number of benzene rings is 1. The number of hydrogen-bond acceptors (Lipinski definition) is 5. The van der Waals surface area contributed by atoms with Crippen LogP contribution in [0.5, 0.6) is 5.75 Å². The Labute approximate surface area is 147 Å². The van der Waals surface area contributed by atoms with E-state index in [1.165, 1.54) is 0 Å². The van der Waals surface area contributed by atoms with Gasteiger partial charge in [-0.3, -0.25) is 4.79 Å². The summed E-state index contributed by atoms with van der Waals surface area (Å²) in [5.41, 5.74) is 1.11. The molecular weight excluding hydrogens is 318 g/mol. The lowest BCUT2D eigenvalue weighted by molar-refractivity contribution is -0.140. The average molecular weight is 341 g/mol. The summed E-state index contributed by atoms with van der Waals surface area (Å²) in [6, 6.07) is 7.91. The van der Waals surface area contributed by atoms with Crippen LogP contribution in [0.25, 0.3) is 0 Å². The van der Waals surface area contributed by atoms with Crippen molar-refractivity contribution in [1.29, 1.82) is 0 Å². The predicted octanol–water partition coefficient (Wildman–Crippen LogP) is 2.90. The number of carbonyl (C=O) groups is 1. The van der Waals surface area contributed by atoms with Gasteiger partial charge in [-0.05, 0) is 18.9 Å². The lowest BCUT2D eigenvalue weighted by Gasteiger charge is -2.33. The number of aromatic nitrogens is 2. The molecule has 0 radical (unpaired) electrons. The molecule has 2 aliphatic rings. The molecule has 0 N–H and O–H groups in total. The molecular formula is C19H23N3O3. The van der Waals surface area contributed by atoms with E-state index >= 15 is 0 Å². The SMILES string of the molecule is CCc1nc(C2CCCN(C(=O)C3Oc4ccccc4C3C)C2)no1. The summed E-state index contributed by atoms with van der Waals surface area (Å²) in [4.78, 5) is 19.4. The van der Waals surface area contributed by atoms with Gasteiger partial charge in [0.05, 0.1) is 0 Å². The molecule has 0 bridgehead atoms. The first kappa shape index (κ1) is 16.1. The van der Waals surface area contributed by atoms with Crippen molar-refractivity contribution in [2.75, 3.05) is 13.1 Å². The Bertz CT molecular complexity index is 773. The van der Waals surface area contributed by atoms with Crippen LogP contribution in [0.2, 0.25) is 0 Å². The van der Waals surface area contributed by atoms with Crippen LogP contribution in [0.1, 0.15) is 55.8 Å². The predicted molar refractivity (Wildman–Crippen MR) is 91.5 cm³/mol. The van der Waals surface area contributed by atoms with Gasteiger partial charge >= 0.3 is 0 Å². The molecule has 132 valence electrons. The number of ether oxygens (including phenoxy) is 1. The van der Waals surface area contributed by atoms with E-state index in [0.29, 0.717) is 12.4 Å². The lowest BCUT2D eigenvalue weighted by atomic mass is 9.94. The van der Waals surface area contributed by atoms with Crippen molar-refractivity contribution in [2.45, 2.75) is 51.0 Å². The zero-order valence-electron chi connectivity index (χ0n) is 14.6. The quantitative estimate of drug-likeness (QED) is 0.858. The van der Waals surface area contributed by atoms with Gasteiger partial charge in [-0.15, -0.1) is 0 Å². The number of piperidine rings is 1. The highest BCUT2D eigenvalue weighted by atomic mass is 16.5. The number of likely N-dealkylation sites (tertiary alicyclic amines) is 1. The molecule has 2 aliphatic heterocycles. The minimum Gasteiger partial charge on any atom is -0.480 e. The molecule has 0 spiro atoms.